The van der Waals surface area contributed by atoms with Crippen molar-refractivity contribution >= 4 is 29.6 Å². The van der Waals surface area contributed by atoms with Crippen LogP contribution in [0.5, 0.6) is 0 Å². The Morgan fingerprint density at radius 2 is 1.77 bits per heavy atom. The number of nitrogens with zero attached hydrogens (tertiary/aromatic N) is 6. The second-order valence-corrected chi connectivity index (χ2v) is 14.3. The van der Waals surface area contributed by atoms with Gasteiger partial charge in [0.1, 0.15) is 23.4 Å². The Bertz CT molecular complexity index is 1530. The summed E-state index contributed by atoms with van der Waals surface area (Å²) in [6, 6.07) is 9.76. The van der Waals surface area contributed by atoms with Crippen molar-refractivity contribution in [2.24, 2.45) is 5.41 Å². The molecule has 1 fully saturated rings. The maximum Gasteiger partial charge on any atom is 0.410 e. The number of carbonyl (C=O) groups is 4. The van der Waals surface area contributed by atoms with Crippen LogP contribution in [-0.2, 0) is 20.7 Å². The molecule has 12 nitrogen and oxygen atoms in total. The minimum Gasteiger partial charge on any atom is -0.444 e. The Kier molecular flexibility index (Phi) is 10.9. The Labute approximate surface area is 277 Å². The number of fused-ring (bicyclic) bond motifs is 1. The summed E-state index contributed by atoms with van der Waals surface area (Å²) in [4.78, 5) is 67.8. The molecule has 0 saturated carbocycles. The minimum absolute atomic E-state index is 0.215. The molecule has 3 aromatic rings. The largest absolute Gasteiger partial charge is 0.444 e. The number of aromatic nitrogens is 3. The van der Waals surface area contributed by atoms with E-state index in [2.05, 4.69) is 15.3 Å². The van der Waals surface area contributed by atoms with E-state index in [0.29, 0.717) is 31.8 Å². The third-order valence-electron chi connectivity index (χ3n) is 8.39. The second-order valence-electron chi connectivity index (χ2n) is 14.3. The van der Waals surface area contributed by atoms with Gasteiger partial charge in [0.2, 0.25) is 17.6 Å². The highest BCUT2D eigenvalue weighted by Crippen LogP contribution is 2.27. The molecule has 0 unspecified atom stereocenters. The van der Waals surface area contributed by atoms with Crippen LogP contribution in [0.2, 0.25) is 0 Å². The summed E-state index contributed by atoms with van der Waals surface area (Å²) in [5.74, 6) is -0.465. The number of hydrogen-bond donors (Lipinski definition) is 1. The van der Waals surface area contributed by atoms with E-state index in [4.69, 9.17) is 4.74 Å². The van der Waals surface area contributed by atoms with E-state index in [1.807, 2.05) is 51.1 Å². The molecule has 3 atom stereocenters. The minimum atomic E-state index is -0.872. The van der Waals surface area contributed by atoms with Gasteiger partial charge in [0, 0.05) is 51.3 Å². The molecule has 12 heteroatoms. The van der Waals surface area contributed by atoms with Crippen LogP contribution in [-0.4, -0.2) is 103 Å². The van der Waals surface area contributed by atoms with Crippen LogP contribution in [0.1, 0.15) is 77.4 Å². The molecule has 47 heavy (non-hydrogen) atoms. The van der Waals surface area contributed by atoms with Gasteiger partial charge in [0.05, 0.1) is 0 Å². The van der Waals surface area contributed by atoms with Crippen molar-refractivity contribution in [1.82, 2.24) is 34.4 Å². The molecule has 1 saturated heterocycles. The van der Waals surface area contributed by atoms with Gasteiger partial charge in [0.25, 0.3) is 5.91 Å². The van der Waals surface area contributed by atoms with E-state index in [1.54, 1.807) is 66.6 Å². The monoisotopic (exact) mass is 647 g/mol. The first-order valence-electron chi connectivity index (χ1n) is 16.2. The molecule has 0 bridgehead atoms. The number of carbonyl (C=O) groups excluding carboxylic acids is 4. The van der Waals surface area contributed by atoms with Crippen LogP contribution in [0.3, 0.4) is 0 Å². The summed E-state index contributed by atoms with van der Waals surface area (Å²) in [5, 5.41) is 2.94. The van der Waals surface area contributed by atoms with Crippen LogP contribution in [0, 0.1) is 5.41 Å². The topological polar surface area (TPSA) is 129 Å². The molecule has 0 aliphatic carbocycles. The van der Waals surface area contributed by atoms with Crippen molar-refractivity contribution in [3.63, 3.8) is 0 Å². The summed E-state index contributed by atoms with van der Waals surface area (Å²) in [5.41, 5.74) is 0.0448. The lowest BCUT2D eigenvalue weighted by Gasteiger charge is -2.38. The van der Waals surface area contributed by atoms with Gasteiger partial charge in [-0.1, -0.05) is 51.1 Å². The van der Waals surface area contributed by atoms with Crippen molar-refractivity contribution in [3.8, 4) is 0 Å². The highest BCUT2D eigenvalue weighted by atomic mass is 16.6. The molecule has 0 radical (unpaired) electrons. The van der Waals surface area contributed by atoms with Crippen molar-refractivity contribution in [2.75, 3.05) is 26.7 Å². The normalized spacial score (nSPS) is 16.4. The first-order valence-corrected chi connectivity index (χ1v) is 16.2. The molecule has 254 valence electrons. The summed E-state index contributed by atoms with van der Waals surface area (Å²) < 4.78 is 7.14. The van der Waals surface area contributed by atoms with Crippen molar-refractivity contribution in [2.45, 2.75) is 91.5 Å². The second kappa shape index (κ2) is 14.5. The van der Waals surface area contributed by atoms with Gasteiger partial charge in [-0.25, -0.2) is 14.8 Å². The zero-order chi connectivity index (χ0) is 34.5. The molecule has 1 aliphatic rings. The van der Waals surface area contributed by atoms with Gasteiger partial charge in [-0.15, -0.1) is 0 Å². The smallest absolute Gasteiger partial charge is 0.410 e. The Morgan fingerprint density at radius 1 is 1.06 bits per heavy atom. The van der Waals surface area contributed by atoms with Crippen LogP contribution in [0.15, 0.2) is 55.0 Å². The van der Waals surface area contributed by atoms with Crippen LogP contribution < -0.4 is 5.32 Å². The predicted molar refractivity (Wildman–Crippen MR) is 179 cm³/mol. The zero-order valence-electron chi connectivity index (χ0n) is 28.9. The molecule has 4 amide bonds. The maximum absolute atomic E-state index is 14.2. The molecule has 0 spiro atoms. The van der Waals surface area contributed by atoms with Crippen molar-refractivity contribution in [3.05, 3.63) is 66.2 Å². The highest BCUT2D eigenvalue weighted by molar-refractivity contribution is 5.93. The quantitative estimate of drug-likeness (QED) is 0.349. The van der Waals surface area contributed by atoms with Crippen LogP contribution >= 0.6 is 0 Å². The Hall–Kier alpha value is -4.48. The molecule has 3 heterocycles. The van der Waals surface area contributed by atoms with Crippen LogP contribution in [0.4, 0.5) is 4.79 Å². The van der Waals surface area contributed by atoms with Gasteiger partial charge >= 0.3 is 6.09 Å². The number of likely N-dealkylation sites (N-methyl/N-ethyl adjacent to an activating group) is 1. The van der Waals surface area contributed by atoms with Gasteiger partial charge < -0.3 is 19.9 Å². The van der Waals surface area contributed by atoms with Gasteiger partial charge in [-0.05, 0) is 64.0 Å². The van der Waals surface area contributed by atoms with Gasteiger partial charge in [0.15, 0.2) is 0 Å². The lowest BCUT2D eigenvalue weighted by Crippen LogP contribution is -2.59. The number of likely N-dealkylation sites (tertiary alicyclic amines) is 1. The van der Waals surface area contributed by atoms with Crippen LogP contribution in [0.25, 0.3) is 5.78 Å². The first-order chi connectivity index (χ1) is 22.0. The lowest BCUT2D eigenvalue weighted by atomic mass is 9.85. The van der Waals surface area contributed by atoms with E-state index in [9.17, 15) is 19.2 Å². The number of amides is 4. The third-order valence-corrected chi connectivity index (χ3v) is 8.39. The van der Waals surface area contributed by atoms with E-state index in [0.717, 1.165) is 18.4 Å². The van der Waals surface area contributed by atoms with Gasteiger partial charge in [-0.3, -0.25) is 23.7 Å². The number of nitrogens with one attached hydrogen (secondary N) is 1. The molecule has 4 rings (SSSR count). The summed E-state index contributed by atoms with van der Waals surface area (Å²) >= 11 is 0. The summed E-state index contributed by atoms with van der Waals surface area (Å²) in [7, 11) is 1.50. The van der Waals surface area contributed by atoms with E-state index in [-0.39, 0.29) is 23.6 Å². The first kappa shape index (κ1) is 35.4. The predicted octanol–water partition coefficient (Wildman–Crippen LogP) is 4.19. The standard InChI is InChI=1S/C35H49N7O5/c1-24(39(8)33(46)47-35(5,6)7)29(43)38-28(34(2,3)4)31(45)42-20-12-16-26(42)22-40(21-17-25-14-10-9-11-15-25)30(44)27-23-41-19-13-18-36-32(41)37-27/h9-11,13-15,18-19,23-24,26,28H,12,16-17,20-22H2,1-8H3,(H,38,43)/t24-,26-,28+/m0/s1. The molecular formula is C35H49N7O5. The molecule has 2 aromatic heterocycles. The fraction of sp³-hybridized carbons (Fsp3) is 0.543. The zero-order valence-corrected chi connectivity index (χ0v) is 28.9. The summed E-state index contributed by atoms with van der Waals surface area (Å²) in [6.07, 6.45) is 6.62. The number of ether oxygens (including phenoxy) is 1. The van der Waals surface area contributed by atoms with Crippen molar-refractivity contribution in [1.29, 1.82) is 0 Å². The maximum atomic E-state index is 14.2. The summed E-state index contributed by atoms with van der Waals surface area (Å²) in [6.45, 7) is 13.9. The van der Waals surface area contributed by atoms with E-state index >= 15 is 0 Å². The fourth-order valence-electron chi connectivity index (χ4n) is 5.59. The number of imidazole rings is 1. The highest BCUT2D eigenvalue weighted by Gasteiger charge is 2.41. The number of benzene rings is 1. The number of hydrogen-bond acceptors (Lipinski definition) is 7. The Morgan fingerprint density at radius 3 is 2.40 bits per heavy atom. The molecule has 1 aliphatic heterocycles. The Balaban J connectivity index is 1.52. The van der Waals surface area contributed by atoms with E-state index in [1.165, 1.54) is 11.9 Å². The molecule has 1 aromatic carbocycles. The number of rotatable bonds is 10. The molecule has 1 N–H and O–H groups in total. The average molecular weight is 648 g/mol. The van der Waals surface area contributed by atoms with E-state index < -0.39 is 35.1 Å². The third kappa shape index (κ3) is 9.08. The fourth-order valence-corrected chi connectivity index (χ4v) is 5.59. The van der Waals surface area contributed by atoms with Crippen molar-refractivity contribution < 1.29 is 23.9 Å². The average Bonchev–Trinajstić information content (AvgIpc) is 3.66. The lowest BCUT2D eigenvalue weighted by molar-refractivity contribution is -0.141. The molecular weight excluding hydrogens is 598 g/mol. The SMILES string of the molecule is C[C@@H](C(=O)N[C@H](C(=O)N1CCC[C@H]1CN(CCc1ccccc1)C(=O)c1cn2cccnc2n1)C(C)(C)C)N(C)C(=O)OC(C)(C)C. The van der Waals surface area contributed by atoms with Gasteiger partial charge in [-0.2, -0.15) is 0 Å².